The molecule has 0 aromatic heterocycles. The first-order valence-electron chi connectivity index (χ1n) is 4.06. The van der Waals surface area contributed by atoms with Gasteiger partial charge in [-0.2, -0.15) is 0 Å². The van der Waals surface area contributed by atoms with Gasteiger partial charge in [0.15, 0.2) is 5.82 Å². The maximum atomic E-state index is 13.6. The number of carboxylic acid groups (broad SMARTS) is 1. The summed E-state index contributed by atoms with van der Waals surface area (Å²) in [6, 6.07) is 1.59. The van der Waals surface area contributed by atoms with Crippen LogP contribution in [0, 0.1) is 5.82 Å². The molecular formula is C8H7ClFNO5S. The molecule has 0 spiro atoms. The van der Waals surface area contributed by atoms with E-state index in [9.17, 15) is 17.6 Å². The molecule has 17 heavy (non-hydrogen) atoms. The highest BCUT2D eigenvalue weighted by Crippen LogP contribution is 2.23. The van der Waals surface area contributed by atoms with Gasteiger partial charge in [-0.05, 0) is 12.1 Å². The van der Waals surface area contributed by atoms with E-state index in [1.54, 1.807) is 4.89 Å². The van der Waals surface area contributed by atoms with Crippen LogP contribution in [-0.2, 0) is 14.9 Å². The summed E-state index contributed by atoms with van der Waals surface area (Å²) in [4.78, 5) is 15.5. The number of benzene rings is 1. The molecule has 0 bridgehead atoms. The van der Waals surface area contributed by atoms with Crippen molar-refractivity contribution in [1.29, 1.82) is 0 Å². The highest BCUT2D eigenvalue weighted by Gasteiger charge is 2.25. The van der Waals surface area contributed by atoms with Crippen LogP contribution < -0.4 is 4.89 Å². The van der Waals surface area contributed by atoms with Gasteiger partial charge in [-0.25, -0.2) is 17.6 Å². The van der Waals surface area contributed by atoms with E-state index in [0.717, 1.165) is 19.2 Å². The van der Waals surface area contributed by atoms with Crippen molar-refractivity contribution >= 4 is 27.6 Å². The number of hydrogen-bond donors (Lipinski definition) is 2. The SMILES string of the molecule is CONS(=O)(=O)c1cc(Cl)cc(C(=O)O)c1F. The molecule has 0 radical (unpaired) electrons. The smallest absolute Gasteiger partial charge is 0.338 e. The average Bonchev–Trinajstić information content (AvgIpc) is 2.20. The van der Waals surface area contributed by atoms with Crippen molar-refractivity contribution in [3.8, 4) is 0 Å². The Kier molecular flexibility index (Phi) is 4.04. The van der Waals surface area contributed by atoms with E-state index in [2.05, 4.69) is 4.84 Å². The Hall–Kier alpha value is -1.22. The van der Waals surface area contributed by atoms with E-state index in [1.807, 2.05) is 0 Å². The lowest BCUT2D eigenvalue weighted by molar-refractivity contribution is 0.0691. The molecule has 9 heteroatoms. The molecule has 0 fully saturated rings. The van der Waals surface area contributed by atoms with Crippen LogP contribution in [0.3, 0.4) is 0 Å². The zero-order chi connectivity index (χ0) is 13.2. The molecule has 1 rings (SSSR count). The molecule has 0 unspecified atom stereocenters. The van der Waals surface area contributed by atoms with Crippen molar-refractivity contribution in [1.82, 2.24) is 4.89 Å². The van der Waals surface area contributed by atoms with Crippen LogP contribution in [0.1, 0.15) is 10.4 Å². The third-order valence-corrected chi connectivity index (χ3v) is 3.20. The molecule has 0 saturated carbocycles. The lowest BCUT2D eigenvalue weighted by Crippen LogP contribution is -2.24. The molecule has 94 valence electrons. The lowest BCUT2D eigenvalue weighted by atomic mass is 10.2. The van der Waals surface area contributed by atoms with E-state index in [-0.39, 0.29) is 5.02 Å². The maximum absolute atomic E-state index is 13.6. The van der Waals surface area contributed by atoms with Crippen molar-refractivity contribution in [2.75, 3.05) is 7.11 Å². The molecular weight excluding hydrogens is 277 g/mol. The largest absolute Gasteiger partial charge is 0.478 e. The van der Waals surface area contributed by atoms with E-state index in [0.29, 0.717) is 0 Å². The molecule has 0 aliphatic heterocycles. The summed E-state index contributed by atoms with van der Waals surface area (Å²) in [6.07, 6.45) is 0. The van der Waals surface area contributed by atoms with Gasteiger partial charge >= 0.3 is 5.97 Å². The number of carbonyl (C=O) groups is 1. The van der Waals surface area contributed by atoms with E-state index in [4.69, 9.17) is 16.7 Å². The summed E-state index contributed by atoms with van der Waals surface area (Å²) in [5.74, 6) is -3.04. The number of sulfonamides is 1. The van der Waals surface area contributed by atoms with Gasteiger partial charge in [-0.1, -0.05) is 16.5 Å². The number of rotatable bonds is 4. The Morgan fingerprint density at radius 3 is 2.59 bits per heavy atom. The van der Waals surface area contributed by atoms with Crippen molar-refractivity contribution in [3.63, 3.8) is 0 Å². The first-order valence-corrected chi connectivity index (χ1v) is 5.93. The van der Waals surface area contributed by atoms with Crippen LogP contribution in [-0.4, -0.2) is 26.6 Å². The van der Waals surface area contributed by atoms with Gasteiger partial charge in [-0.15, -0.1) is 0 Å². The van der Waals surface area contributed by atoms with E-state index >= 15 is 0 Å². The number of hydrogen-bond acceptors (Lipinski definition) is 4. The Bertz CT molecular complexity index is 559. The predicted octanol–water partition coefficient (Wildman–Crippen LogP) is 1.02. The van der Waals surface area contributed by atoms with E-state index < -0.39 is 32.3 Å². The third-order valence-electron chi connectivity index (χ3n) is 1.72. The third kappa shape index (κ3) is 2.91. The van der Waals surface area contributed by atoms with E-state index in [1.165, 1.54) is 0 Å². The minimum atomic E-state index is -4.31. The van der Waals surface area contributed by atoms with Gasteiger partial charge < -0.3 is 5.11 Å². The van der Waals surface area contributed by atoms with Gasteiger partial charge in [0, 0.05) is 5.02 Å². The summed E-state index contributed by atoms with van der Waals surface area (Å²) < 4.78 is 36.5. The Morgan fingerprint density at radius 2 is 2.12 bits per heavy atom. The van der Waals surface area contributed by atoms with Gasteiger partial charge in [0.05, 0.1) is 12.7 Å². The number of halogens is 2. The molecule has 0 aliphatic rings. The van der Waals surface area contributed by atoms with Gasteiger partial charge in [0.1, 0.15) is 4.90 Å². The van der Waals surface area contributed by atoms with Crippen LogP contribution in [0.15, 0.2) is 17.0 Å². The molecule has 0 amide bonds. The fourth-order valence-electron chi connectivity index (χ4n) is 1.07. The van der Waals surface area contributed by atoms with Crippen molar-refractivity contribution in [2.45, 2.75) is 4.90 Å². The van der Waals surface area contributed by atoms with Crippen LogP contribution in [0.4, 0.5) is 4.39 Å². The second-order valence-corrected chi connectivity index (χ2v) is 4.91. The van der Waals surface area contributed by atoms with Crippen LogP contribution in [0.2, 0.25) is 5.02 Å². The molecule has 6 nitrogen and oxygen atoms in total. The number of nitrogens with one attached hydrogen (secondary N) is 1. The van der Waals surface area contributed by atoms with Crippen molar-refractivity contribution in [2.24, 2.45) is 0 Å². The molecule has 0 saturated heterocycles. The Balaban J connectivity index is 3.50. The normalized spacial score (nSPS) is 11.5. The zero-order valence-electron chi connectivity index (χ0n) is 8.40. The summed E-state index contributed by atoms with van der Waals surface area (Å²) in [6.45, 7) is 0. The summed E-state index contributed by atoms with van der Waals surface area (Å²) in [5.41, 5.74) is -0.839. The molecule has 0 atom stereocenters. The number of carboxylic acids is 1. The van der Waals surface area contributed by atoms with Gasteiger partial charge in [0.2, 0.25) is 0 Å². The minimum absolute atomic E-state index is 0.222. The topological polar surface area (TPSA) is 92.7 Å². The number of aromatic carboxylic acids is 1. The highest BCUT2D eigenvalue weighted by molar-refractivity contribution is 7.89. The molecule has 0 aliphatic carbocycles. The van der Waals surface area contributed by atoms with Crippen molar-refractivity contribution in [3.05, 3.63) is 28.5 Å². The first kappa shape index (κ1) is 13.8. The summed E-state index contributed by atoms with van der Waals surface area (Å²) >= 11 is 5.51. The van der Waals surface area contributed by atoms with Crippen molar-refractivity contribution < 1.29 is 27.5 Å². The monoisotopic (exact) mass is 283 g/mol. The fraction of sp³-hybridized carbons (Fsp3) is 0.125. The second-order valence-electron chi connectivity index (χ2n) is 2.86. The quantitative estimate of drug-likeness (QED) is 0.805. The van der Waals surface area contributed by atoms with Crippen LogP contribution in [0.5, 0.6) is 0 Å². The molecule has 2 N–H and O–H groups in total. The maximum Gasteiger partial charge on any atom is 0.338 e. The van der Waals surface area contributed by atoms with Crippen LogP contribution >= 0.6 is 11.6 Å². The fourth-order valence-corrected chi connectivity index (χ4v) is 2.29. The summed E-state index contributed by atoms with van der Waals surface area (Å²) in [5, 5.41) is 8.44. The zero-order valence-corrected chi connectivity index (χ0v) is 9.97. The standard InChI is InChI=1S/C8H7ClFNO5S/c1-16-11-17(14,15)6-3-4(9)2-5(7(6)10)8(12)13/h2-3,11H,1H3,(H,12,13). The molecule has 0 heterocycles. The Labute approximate surface area is 101 Å². The van der Waals surface area contributed by atoms with Gasteiger partial charge in [0.25, 0.3) is 10.0 Å². The van der Waals surface area contributed by atoms with Crippen LogP contribution in [0.25, 0.3) is 0 Å². The lowest BCUT2D eigenvalue weighted by Gasteiger charge is -2.07. The molecule has 1 aromatic rings. The average molecular weight is 284 g/mol. The molecule has 1 aromatic carbocycles. The summed E-state index contributed by atoms with van der Waals surface area (Å²) in [7, 11) is -3.30. The first-order chi connectivity index (χ1) is 7.79. The second kappa shape index (κ2) is 4.96. The Morgan fingerprint density at radius 1 is 1.53 bits per heavy atom. The minimum Gasteiger partial charge on any atom is -0.478 e. The predicted molar refractivity (Wildman–Crippen MR) is 55.7 cm³/mol. The van der Waals surface area contributed by atoms with Gasteiger partial charge in [-0.3, -0.25) is 4.84 Å². The highest BCUT2D eigenvalue weighted by atomic mass is 35.5.